The molecular weight excluding hydrogens is 268 g/mol. The van der Waals surface area contributed by atoms with Gasteiger partial charge in [0.2, 0.25) is 0 Å². The maximum absolute atomic E-state index is 11.8. The van der Waals surface area contributed by atoms with Crippen molar-refractivity contribution in [2.75, 3.05) is 11.9 Å². The van der Waals surface area contributed by atoms with Crippen molar-refractivity contribution in [2.24, 2.45) is 5.92 Å². The van der Waals surface area contributed by atoms with E-state index in [1.165, 1.54) is 0 Å². The number of rotatable bonds is 5. The Hall–Kier alpha value is -1.88. The Kier molecular flexibility index (Phi) is 6.37. The Morgan fingerprint density at radius 1 is 1.24 bits per heavy atom. The van der Waals surface area contributed by atoms with E-state index in [2.05, 4.69) is 10.6 Å². The van der Waals surface area contributed by atoms with Crippen molar-refractivity contribution in [2.45, 2.75) is 40.2 Å². The Morgan fingerprint density at radius 3 is 2.52 bits per heavy atom. The molecule has 0 saturated carbocycles. The summed E-state index contributed by atoms with van der Waals surface area (Å²) in [5, 5.41) is 14.8. The fraction of sp³-hybridized carbons (Fsp3) is 0.500. The van der Waals surface area contributed by atoms with Crippen LogP contribution in [0.4, 0.5) is 5.69 Å². The minimum absolute atomic E-state index is 0.0763. The quantitative estimate of drug-likeness (QED) is 0.724. The van der Waals surface area contributed by atoms with Crippen LogP contribution in [-0.2, 0) is 9.59 Å². The smallest absolute Gasteiger partial charge is 0.313 e. The second-order valence-electron chi connectivity index (χ2n) is 5.44. The Bertz CT molecular complexity index is 514. The normalized spacial score (nSPS) is 13.4. The first-order valence-corrected chi connectivity index (χ1v) is 7.19. The number of hydrogen-bond acceptors (Lipinski definition) is 3. The molecule has 0 heterocycles. The van der Waals surface area contributed by atoms with Gasteiger partial charge in [-0.05, 0) is 37.0 Å². The zero-order valence-corrected chi connectivity index (χ0v) is 13.1. The number of aliphatic hydroxyl groups excluding tert-OH is 1. The van der Waals surface area contributed by atoms with Gasteiger partial charge in [-0.3, -0.25) is 9.59 Å². The lowest BCUT2D eigenvalue weighted by Crippen LogP contribution is -2.41. The van der Waals surface area contributed by atoms with Crippen molar-refractivity contribution in [1.82, 2.24) is 5.32 Å². The first kappa shape index (κ1) is 17.2. The van der Waals surface area contributed by atoms with E-state index < -0.39 is 17.9 Å². The van der Waals surface area contributed by atoms with Crippen molar-refractivity contribution < 1.29 is 14.7 Å². The van der Waals surface area contributed by atoms with E-state index >= 15 is 0 Å². The molecule has 0 aliphatic heterocycles. The van der Waals surface area contributed by atoms with Gasteiger partial charge in [-0.25, -0.2) is 0 Å². The first-order chi connectivity index (χ1) is 9.85. The van der Waals surface area contributed by atoms with Crippen LogP contribution in [0.5, 0.6) is 0 Å². The summed E-state index contributed by atoms with van der Waals surface area (Å²) in [6.07, 6.45) is 0.165. The molecule has 5 nitrogen and oxygen atoms in total. The molecule has 1 aromatic carbocycles. The summed E-state index contributed by atoms with van der Waals surface area (Å²) in [7, 11) is 0. The van der Waals surface area contributed by atoms with Gasteiger partial charge >= 0.3 is 11.8 Å². The number of aryl methyl sites for hydroxylation is 2. The molecule has 5 heteroatoms. The van der Waals surface area contributed by atoms with Crippen molar-refractivity contribution in [3.63, 3.8) is 0 Å². The molecule has 2 amide bonds. The molecule has 2 unspecified atom stereocenters. The van der Waals surface area contributed by atoms with Crippen LogP contribution >= 0.6 is 0 Å². The van der Waals surface area contributed by atoms with Gasteiger partial charge in [0.25, 0.3) is 0 Å². The highest BCUT2D eigenvalue weighted by atomic mass is 16.3. The number of aliphatic hydroxyl groups is 1. The van der Waals surface area contributed by atoms with Gasteiger partial charge < -0.3 is 15.7 Å². The number of carbonyl (C=O) groups is 2. The van der Waals surface area contributed by atoms with E-state index in [1.807, 2.05) is 45.9 Å². The minimum Gasteiger partial charge on any atom is -0.391 e. The van der Waals surface area contributed by atoms with Gasteiger partial charge in [-0.2, -0.15) is 0 Å². The van der Waals surface area contributed by atoms with E-state index in [9.17, 15) is 14.7 Å². The molecule has 1 rings (SSSR count). The highest BCUT2D eigenvalue weighted by Gasteiger charge is 2.18. The summed E-state index contributed by atoms with van der Waals surface area (Å²) >= 11 is 0. The molecule has 21 heavy (non-hydrogen) atoms. The predicted octanol–water partition coefficient (Wildman–Crippen LogP) is 1.77. The molecule has 0 spiro atoms. The number of benzene rings is 1. The number of amides is 2. The second-order valence-corrected chi connectivity index (χ2v) is 5.44. The van der Waals surface area contributed by atoms with Crippen LogP contribution in [0.2, 0.25) is 0 Å². The lowest BCUT2D eigenvalue weighted by Gasteiger charge is -2.17. The van der Waals surface area contributed by atoms with Crippen LogP contribution in [0, 0.1) is 19.8 Å². The molecule has 0 aliphatic carbocycles. The molecule has 0 radical (unpaired) electrons. The Balaban J connectivity index is 2.55. The van der Waals surface area contributed by atoms with Crippen molar-refractivity contribution in [3.05, 3.63) is 29.3 Å². The molecule has 0 aliphatic rings. The molecule has 0 aromatic heterocycles. The lowest BCUT2D eigenvalue weighted by molar-refractivity contribution is -0.136. The molecule has 1 aromatic rings. The predicted molar refractivity (Wildman–Crippen MR) is 83.0 cm³/mol. The number of nitrogens with one attached hydrogen (secondary N) is 2. The summed E-state index contributed by atoms with van der Waals surface area (Å²) in [5.41, 5.74) is 2.52. The molecule has 3 N–H and O–H groups in total. The van der Waals surface area contributed by atoms with Crippen molar-refractivity contribution in [3.8, 4) is 0 Å². The molecule has 0 saturated heterocycles. The summed E-state index contributed by atoms with van der Waals surface area (Å²) in [4.78, 5) is 23.5. The second kappa shape index (κ2) is 7.78. The van der Waals surface area contributed by atoms with E-state index in [1.54, 1.807) is 0 Å². The van der Waals surface area contributed by atoms with E-state index in [-0.39, 0.29) is 12.5 Å². The number of carbonyl (C=O) groups excluding carboxylic acids is 2. The largest absolute Gasteiger partial charge is 0.391 e. The van der Waals surface area contributed by atoms with Gasteiger partial charge in [-0.15, -0.1) is 0 Å². The monoisotopic (exact) mass is 292 g/mol. The maximum atomic E-state index is 11.8. The molecule has 2 atom stereocenters. The van der Waals surface area contributed by atoms with Crippen LogP contribution in [-0.4, -0.2) is 29.6 Å². The van der Waals surface area contributed by atoms with E-state index in [4.69, 9.17) is 0 Å². The van der Waals surface area contributed by atoms with Crippen LogP contribution < -0.4 is 10.6 Å². The third kappa shape index (κ3) is 5.19. The summed E-state index contributed by atoms with van der Waals surface area (Å²) in [6, 6.07) is 5.64. The zero-order chi connectivity index (χ0) is 16.0. The van der Waals surface area contributed by atoms with Crippen molar-refractivity contribution in [1.29, 1.82) is 0 Å². The highest BCUT2D eigenvalue weighted by Crippen LogP contribution is 2.16. The zero-order valence-electron chi connectivity index (χ0n) is 13.1. The fourth-order valence-electron chi connectivity index (χ4n) is 1.80. The summed E-state index contributed by atoms with van der Waals surface area (Å²) < 4.78 is 0. The molecule has 0 bridgehead atoms. The van der Waals surface area contributed by atoms with Gasteiger partial charge in [0.1, 0.15) is 0 Å². The Labute approximate surface area is 125 Å². The van der Waals surface area contributed by atoms with E-state index in [0.29, 0.717) is 5.69 Å². The average Bonchev–Trinajstić information content (AvgIpc) is 2.47. The summed E-state index contributed by atoms with van der Waals surface area (Å²) in [6.45, 7) is 7.71. The van der Waals surface area contributed by atoms with Crippen molar-refractivity contribution >= 4 is 17.5 Å². The first-order valence-electron chi connectivity index (χ1n) is 7.19. The third-order valence-corrected chi connectivity index (χ3v) is 3.62. The SMILES string of the molecule is CCC(C)C(O)CNC(=O)C(=O)Nc1cc(C)ccc1C. The van der Waals surface area contributed by atoms with Gasteiger partial charge in [0, 0.05) is 12.2 Å². The van der Waals surface area contributed by atoms with Gasteiger partial charge in [-0.1, -0.05) is 32.4 Å². The molecular formula is C16H24N2O3. The fourth-order valence-corrected chi connectivity index (χ4v) is 1.80. The average molecular weight is 292 g/mol. The molecule has 116 valence electrons. The number of hydrogen-bond donors (Lipinski definition) is 3. The Morgan fingerprint density at radius 2 is 1.90 bits per heavy atom. The number of anilines is 1. The molecule has 0 fully saturated rings. The third-order valence-electron chi connectivity index (χ3n) is 3.62. The highest BCUT2D eigenvalue weighted by molar-refractivity contribution is 6.39. The maximum Gasteiger partial charge on any atom is 0.313 e. The topological polar surface area (TPSA) is 78.4 Å². The van der Waals surface area contributed by atoms with Gasteiger partial charge in [0.05, 0.1) is 6.10 Å². The standard InChI is InChI=1S/C16H24N2O3/c1-5-11(3)14(19)9-17-15(20)16(21)18-13-8-10(2)6-7-12(13)4/h6-8,11,14,19H,5,9H2,1-4H3,(H,17,20)(H,18,21). The van der Waals surface area contributed by atoms with E-state index in [0.717, 1.165) is 17.5 Å². The van der Waals surface area contributed by atoms with Crippen LogP contribution in [0.3, 0.4) is 0 Å². The van der Waals surface area contributed by atoms with Crippen LogP contribution in [0.25, 0.3) is 0 Å². The van der Waals surface area contributed by atoms with Crippen LogP contribution in [0.1, 0.15) is 31.4 Å². The van der Waals surface area contributed by atoms with Crippen LogP contribution in [0.15, 0.2) is 18.2 Å². The lowest BCUT2D eigenvalue weighted by atomic mass is 10.0. The van der Waals surface area contributed by atoms with Gasteiger partial charge in [0.15, 0.2) is 0 Å². The minimum atomic E-state index is -0.738. The summed E-state index contributed by atoms with van der Waals surface area (Å²) in [5.74, 6) is -1.38.